The van der Waals surface area contributed by atoms with Gasteiger partial charge in [-0.1, -0.05) is 28.1 Å². The Morgan fingerprint density at radius 2 is 1.86 bits per heavy atom. The molecule has 1 heterocycles. The van der Waals surface area contributed by atoms with E-state index in [-0.39, 0.29) is 10.9 Å². The molecule has 5 nitrogen and oxygen atoms in total. The van der Waals surface area contributed by atoms with Crippen molar-refractivity contribution in [1.82, 2.24) is 9.71 Å². The van der Waals surface area contributed by atoms with Crippen molar-refractivity contribution in [3.8, 4) is 0 Å². The molecule has 21 heavy (non-hydrogen) atoms. The summed E-state index contributed by atoms with van der Waals surface area (Å²) >= 11 is 3.36. The Labute approximate surface area is 133 Å². The zero-order valence-electron chi connectivity index (χ0n) is 11.7. The maximum atomic E-state index is 12.5. The maximum Gasteiger partial charge on any atom is 0.244 e. The topological polar surface area (TPSA) is 71.1 Å². The van der Waals surface area contributed by atoms with Crippen molar-refractivity contribution >= 4 is 31.6 Å². The fraction of sp³-hybridized carbons (Fsp3) is 0.214. The second-order valence-electron chi connectivity index (χ2n) is 4.52. The SMILES string of the molecule is CNc1ccncc1S(=O)(=O)NC(C)c1ccc(Br)cc1. The van der Waals surface area contributed by atoms with Gasteiger partial charge < -0.3 is 5.32 Å². The lowest BCUT2D eigenvalue weighted by atomic mass is 10.1. The highest BCUT2D eigenvalue weighted by Gasteiger charge is 2.21. The number of pyridine rings is 1. The van der Waals surface area contributed by atoms with Crippen molar-refractivity contribution in [2.75, 3.05) is 12.4 Å². The number of sulfonamides is 1. The van der Waals surface area contributed by atoms with E-state index in [1.807, 2.05) is 24.3 Å². The molecule has 1 aromatic heterocycles. The van der Waals surface area contributed by atoms with Crippen LogP contribution in [-0.2, 0) is 10.0 Å². The molecule has 2 N–H and O–H groups in total. The minimum Gasteiger partial charge on any atom is -0.387 e. The van der Waals surface area contributed by atoms with Gasteiger partial charge in [-0.15, -0.1) is 0 Å². The van der Waals surface area contributed by atoms with Crippen LogP contribution in [0.4, 0.5) is 5.69 Å². The number of hydrogen-bond donors (Lipinski definition) is 2. The molecule has 1 atom stereocenters. The largest absolute Gasteiger partial charge is 0.387 e. The third-order valence-corrected chi connectivity index (χ3v) is 5.14. The molecule has 2 rings (SSSR count). The number of nitrogens with zero attached hydrogens (tertiary/aromatic N) is 1. The highest BCUT2D eigenvalue weighted by molar-refractivity contribution is 9.10. The third-order valence-electron chi connectivity index (χ3n) is 3.05. The Morgan fingerprint density at radius 1 is 1.19 bits per heavy atom. The average molecular weight is 370 g/mol. The monoisotopic (exact) mass is 369 g/mol. The van der Waals surface area contributed by atoms with Crippen LogP contribution in [-0.4, -0.2) is 20.4 Å². The van der Waals surface area contributed by atoms with Crippen LogP contribution in [0.25, 0.3) is 0 Å². The van der Waals surface area contributed by atoms with Gasteiger partial charge in [-0.3, -0.25) is 4.98 Å². The van der Waals surface area contributed by atoms with E-state index in [2.05, 4.69) is 31.0 Å². The molecule has 1 unspecified atom stereocenters. The van der Waals surface area contributed by atoms with Crippen LogP contribution < -0.4 is 10.0 Å². The number of benzene rings is 1. The number of rotatable bonds is 5. The fourth-order valence-electron chi connectivity index (χ4n) is 1.92. The quantitative estimate of drug-likeness (QED) is 0.849. The molecule has 0 bridgehead atoms. The summed E-state index contributed by atoms with van der Waals surface area (Å²) in [6, 6.07) is 8.79. The molecule has 0 saturated heterocycles. The van der Waals surface area contributed by atoms with E-state index >= 15 is 0 Å². The van der Waals surface area contributed by atoms with Crippen LogP contribution in [0, 0.1) is 0 Å². The van der Waals surface area contributed by atoms with Crippen molar-refractivity contribution in [3.63, 3.8) is 0 Å². The summed E-state index contributed by atoms with van der Waals surface area (Å²) in [5.74, 6) is 0. The number of nitrogens with one attached hydrogen (secondary N) is 2. The molecule has 2 aromatic rings. The van der Waals surface area contributed by atoms with Gasteiger partial charge in [0.2, 0.25) is 10.0 Å². The lowest BCUT2D eigenvalue weighted by Gasteiger charge is -2.16. The summed E-state index contributed by atoms with van der Waals surface area (Å²) in [5, 5.41) is 2.86. The fourth-order valence-corrected chi connectivity index (χ4v) is 3.57. The molecule has 0 aliphatic heterocycles. The Balaban J connectivity index is 2.26. The Hall–Kier alpha value is -1.44. The van der Waals surface area contributed by atoms with Crippen molar-refractivity contribution in [2.45, 2.75) is 17.9 Å². The van der Waals surface area contributed by atoms with E-state index in [0.717, 1.165) is 10.0 Å². The summed E-state index contributed by atoms with van der Waals surface area (Å²) in [5.41, 5.74) is 1.40. The van der Waals surface area contributed by atoms with Crippen molar-refractivity contribution in [2.24, 2.45) is 0 Å². The second-order valence-corrected chi connectivity index (χ2v) is 7.11. The molecule has 0 spiro atoms. The van der Waals surface area contributed by atoms with Gasteiger partial charge in [0.1, 0.15) is 4.90 Å². The highest BCUT2D eigenvalue weighted by atomic mass is 79.9. The van der Waals surface area contributed by atoms with Gasteiger partial charge in [-0.2, -0.15) is 0 Å². The summed E-state index contributed by atoms with van der Waals surface area (Å²) < 4.78 is 28.5. The van der Waals surface area contributed by atoms with Gasteiger partial charge in [0.15, 0.2) is 0 Å². The summed E-state index contributed by atoms with van der Waals surface area (Å²) in [4.78, 5) is 4.02. The molecule has 0 saturated carbocycles. The van der Waals surface area contributed by atoms with Crippen LogP contribution in [0.1, 0.15) is 18.5 Å². The molecule has 0 amide bonds. The maximum absolute atomic E-state index is 12.5. The third kappa shape index (κ3) is 3.81. The first kappa shape index (κ1) is 15.9. The first-order valence-electron chi connectivity index (χ1n) is 6.33. The lowest BCUT2D eigenvalue weighted by Crippen LogP contribution is -2.27. The van der Waals surface area contributed by atoms with Crippen molar-refractivity contribution < 1.29 is 8.42 Å². The molecule has 0 aliphatic rings. The first-order chi connectivity index (χ1) is 9.94. The summed E-state index contributed by atoms with van der Waals surface area (Å²) in [7, 11) is -1.97. The minimum atomic E-state index is -3.65. The van der Waals surface area contributed by atoms with Crippen molar-refractivity contribution in [3.05, 3.63) is 52.8 Å². The summed E-state index contributed by atoms with van der Waals surface area (Å²) in [6.45, 7) is 1.80. The molecule has 0 fully saturated rings. The number of hydrogen-bond acceptors (Lipinski definition) is 4. The molecule has 0 radical (unpaired) electrons. The smallest absolute Gasteiger partial charge is 0.244 e. The zero-order chi connectivity index (χ0) is 15.5. The predicted molar refractivity (Wildman–Crippen MR) is 86.7 cm³/mol. The van der Waals surface area contributed by atoms with Gasteiger partial charge >= 0.3 is 0 Å². The van der Waals surface area contributed by atoms with Gasteiger partial charge in [-0.25, -0.2) is 13.1 Å². The lowest BCUT2D eigenvalue weighted by molar-refractivity contribution is 0.567. The van der Waals surface area contributed by atoms with Crippen LogP contribution in [0.5, 0.6) is 0 Å². The first-order valence-corrected chi connectivity index (χ1v) is 8.61. The normalized spacial score (nSPS) is 12.9. The Bertz CT molecular complexity index is 717. The number of anilines is 1. The zero-order valence-corrected chi connectivity index (χ0v) is 14.1. The Morgan fingerprint density at radius 3 is 2.48 bits per heavy atom. The molecule has 1 aromatic carbocycles. The molecular weight excluding hydrogens is 354 g/mol. The number of aromatic nitrogens is 1. The average Bonchev–Trinajstić information content (AvgIpc) is 2.47. The Kier molecular flexibility index (Phi) is 4.97. The number of halogens is 1. The molecule has 112 valence electrons. The minimum absolute atomic E-state index is 0.136. The molecule has 0 aliphatic carbocycles. The second kappa shape index (κ2) is 6.55. The van der Waals surface area contributed by atoms with Gasteiger partial charge in [0, 0.05) is 30.0 Å². The van der Waals surface area contributed by atoms with Crippen LogP contribution in [0.2, 0.25) is 0 Å². The summed E-state index contributed by atoms with van der Waals surface area (Å²) in [6.07, 6.45) is 2.88. The van der Waals surface area contributed by atoms with E-state index in [0.29, 0.717) is 5.69 Å². The van der Waals surface area contributed by atoms with E-state index in [9.17, 15) is 8.42 Å². The molecular formula is C14H16BrN3O2S. The van der Waals surface area contributed by atoms with E-state index in [1.54, 1.807) is 26.2 Å². The van der Waals surface area contributed by atoms with E-state index in [4.69, 9.17) is 0 Å². The standard InChI is InChI=1S/C14H16BrN3O2S/c1-10(11-3-5-12(15)6-4-11)18-21(19,20)14-9-17-8-7-13(14)16-2/h3-10,18H,1-2H3,(H,16,17). The van der Waals surface area contributed by atoms with Gasteiger partial charge in [0.25, 0.3) is 0 Å². The van der Waals surface area contributed by atoms with E-state index in [1.165, 1.54) is 6.20 Å². The van der Waals surface area contributed by atoms with Crippen LogP contribution in [0.3, 0.4) is 0 Å². The van der Waals surface area contributed by atoms with Crippen LogP contribution in [0.15, 0.2) is 52.1 Å². The molecule has 7 heteroatoms. The van der Waals surface area contributed by atoms with Gasteiger partial charge in [0.05, 0.1) is 5.69 Å². The van der Waals surface area contributed by atoms with Crippen LogP contribution >= 0.6 is 15.9 Å². The highest BCUT2D eigenvalue weighted by Crippen LogP contribution is 2.22. The van der Waals surface area contributed by atoms with Crippen molar-refractivity contribution in [1.29, 1.82) is 0 Å². The predicted octanol–water partition coefficient (Wildman–Crippen LogP) is 2.93. The van der Waals surface area contributed by atoms with Gasteiger partial charge in [-0.05, 0) is 30.7 Å². The van der Waals surface area contributed by atoms with E-state index < -0.39 is 10.0 Å².